The van der Waals surface area contributed by atoms with Crippen LogP contribution >= 0.6 is 0 Å². The van der Waals surface area contributed by atoms with E-state index in [1.54, 1.807) is 13.3 Å². The SMILES string of the molecule is COc1ccc2c(=O)[nH]cc(N3CCNCC3)c2c1. The Morgan fingerprint density at radius 1 is 1.21 bits per heavy atom. The molecule has 1 aromatic carbocycles. The molecule has 100 valence electrons. The van der Waals surface area contributed by atoms with Gasteiger partial charge in [-0.1, -0.05) is 0 Å². The zero-order valence-electron chi connectivity index (χ0n) is 10.9. The third kappa shape index (κ3) is 2.17. The van der Waals surface area contributed by atoms with Crippen molar-refractivity contribution in [1.82, 2.24) is 10.3 Å². The molecule has 0 aliphatic carbocycles. The van der Waals surface area contributed by atoms with E-state index >= 15 is 0 Å². The van der Waals surface area contributed by atoms with Gasteiger partial charge >= 0.3 is 0 Å². The van der Waals surface area contributed by atoms with Gasteiger partial charge in [0.1, 0.15) is 5.75 Å². The standard InChI is InChI=1S/C14H17N3O2/c1-19-10-2-3-11-12(8-10)13(9-16-14(11)18)17-6-4-15-5-7-17/h2-3,8-9,15H,4-7H2,1H3,(H,16,18). The molecule has 1 aromatic heterocycles. The van der Waals surface area contributed by atoms with Crippen LogP contribution in [0.3, 0.4) is 0 Å². The number of pyridine rings is 1. The van der Waals surface area contributed by atoms with Crippen molar-refractivity contribution in [3.05, 3.63) is 34.7 Å². The normalized spacial score (nSPS) is 15.7. The van der Waals surface area contributed by atoms with Crippen LogP contribution in [0.1, 0.15) is 0 Å². The second-order valence-corrected chi connectivity index (χ2v) is 4.65. The quantitative estimate of drug-likeness (QED) is 0.843. The highest BCUT2D eigenvalue weighted by Crippen LogP contribution is 2.27. The third-order valence-electron chi connectivity index (χ3n) is 3.54. The summed E-state index contributed by atoms with van der Waals surface area (Å²) in [5.41, 5.74) is 1.01. The molecule has 0 unspecified atom stereocenters. The first-order chi connectivity index (χ1) is 9.29. The van der Waals surface area contributed by atoms with Crippen molar-refractivity contribution in [3.63, 3.8) is 0 Å². The first-order valence-corrected chi connectivity index (χ1v) is 6.45. The number of nitrogens with zero attached hydrogens (tertiary/aromatic N) is 1. The van der Waals surface area contributed by atoms with Gasteiger partial charge in [0.05, 0.1) is 12.8 Å². The summed E-state index contributed by atoms with van der Waals surface area (Å²) in [5, 5.41) is 4.98. The fourth-order valence-electron chi connectivity index (χ4n) is 2.52. The lowest BCUT2D eigenvalue weighted by atomic mass is 10.1. The van der Waals surface area contributed by atoms with Gasteiger partial charge in [-0.05, 0) is 18.2 Å². The average molecular weight is 259 g/mol. The molecule has 0 bridgehead atoms. The van der Waals surface area contributed by atoms with Crippen molar-refractivity contribution in [3.8, 4) is 5.75 Å². The molecule has 5 nitrogen and oxygen atoms in total. The first-order valence-electron chi connectivity index (χ1n) is 6.45. The minimum absolute atomic E-state index is 0.0588. The summed E-state index contributed by atoms with van der Waals surface area (Å²) >= 11 is 0. The zero-order chi connectivity index (χ0) is 13.2. The van der Waals surface area contributed by atoms with E-state index in [1.165, 1.54) is 0 Å². The molecule has 0 atom stereocenters. The van der Waals surface area contributed by atoms with Gasteiger partial charge in [-0.25, -0.2) is 0 Å². The molecule has 5 heteroatoms. The van der Waals surface area contributed by atoms with E-state index < -0.39 is 0 Å². The topological polar surface area (TPSA) is 57.4 Å². The molecular weight excluding hydrogens is 242 g/mol. The third-order valence-corrected chi connectivity index (χ3v) is 3.54. The summed E-state index contributed by atoms with van der Waals surface area (Å²) in [6.07, 6.45) is 1.80. The highest BCUT2D eigenvalue weighted by molar-refractivity contribution is 5.94. The van der Waals surface area contributed by atoms with Crippen molar-refractivity contribution in [2.24, 2.45) is 0 Å². The van der Waals surface area contributed by atoms with Crippen LogP contribution in [0.4, 0.5) is 5.69 Å². The number of nitrogens with one attached hydrogen (secondary N) is 2. The predicted molar refractivity (Wildman–Crippen MR) is 76.2 cm³/mol. The van der Waals surface area contributed by atoms with E-state index in [1.807, 2.05) is 18.2 Å². The molecule has 1 aliphatic rings. The first kappa shape index (κ1) is 12.0. The number of aromatic nitrogens is 1. The lowest BCUT2D eigenvalue weighted by Gasteiger charge is -2.30. The smallest absolute Gasteiger partial charge is 0.255 e. The molecule has 2 heterocycles. The van der Waals surface area contributed by atoms with Gasteiger partial charge in [0.25, 0.3) is 5.56 Å². The highest BCUT2D eigenvalue weighted by atomic mass is 16.5. The second-order valence-electron chi connectivity index (χ2n) is 4.65. The second kappa shape index (κ2) is 4.93. The molecule has 0 amide bonds. The predicted octanol–water partition coefficient (Wildman–Crippen LogP) is 0.946. The number of piperazine rings is 1. The van der Waals surface area contributed by atoms with E-state index in [-0.39, 0.29) is 5.56 Å². The molecule has 2 aromatic rings. The van der Waals surface area contributed by atoms with Gasteiger partial charge in [-0.3, -0.25) is 4.79 Å². The minimum atomic E-state index is -0.0588. The Morgan fingerprint density at radius 2 is 2.00 bits per heavy atom. The van der Waals surface area contributed by atoms with Gasteiger partial charge in [0.2, 0.25) is 0 Å². The molecule has 1 aliphatic heterocycles. The summed E-state index contributed by atoms with van der Waals surface area (Å²) in [7, 11) is 1.64. The van der Waals surface area contributed by atoms with Crippen LogP contribution < -0.4 is 20.5 Å². The van der Waals surface area contributed by atoms with Crippen molar-refractivity contribution in [1.29, 1.82) is 0 Å². The molecule has 0 saturated carbocycles. The van der Waals surface area contributed by atoms with Crippen LogP contribution in [-0.4, -0.2) is 38.3 Å². The summed E-state index contributed by atoms with van der Waals surface area (Å²) in [6.45, 7) is 3.81. The summed E-state index contributed by atoms with van der Waals surface area (Å²) in [5.74, 6) is 0.773. The van der Waals surface area contributed by atoms with Gasteiger partial charge in [0.15, 0.2) is 0 Å². The fraction of sp³-hybridized carbons (Fsp3) is 0.357. The summed E-state index contributed by atoms with van der Waals surface area (Å²) < 4.78 is 5.26. The van der Waals surface area contributed by atoms with Crippen LogP contribution in [0, 0.1) is 0 Å². The monoisotopic (exact) mass is 259 g/mol. The Balaban J connectivity index is 2.17. The Hall–Kier alpha value is -2.01. The molecular formula is C14H17N3O2. The number of ether oxygens (including phenoxy) is 1. The van der Waals surface area contributed by atoms with Crippen molar-refractivity contribution in [2.45, 2.75) is 0 Å². The average Bonchev–Trinajstić information content (AvgIpc) is 2.48. The van der Waals surface area contributed by atoms with E-state index in [9.17, 15) is 4.79 Å². The maximum Gasteiger partial charge on any atom is 0.255 e. The number of H-pyrrole nitrogens is 1. The summed E-state index contributed by atoms with van der Waals surface area (Å²) in [6, 6.07) is 5.57. The number of rotatable bonds is 2. The number of hydrogen-bond donors (Lipinski definition) is 2. The van der Waals surface area contributed by atoms with Gasteiger partial charge in [0, 0.05) is 43.1 Å². The number of aromatic amines is 1. The number of hydrogen-bond acceptors (Lipinski definition) is 4. The molecule has 1 saturated heterocycles. The number of methoxy groups -OCH3 is 1. The number of fused-ring (bicyclic) bond motifs is 1. The van der Waals surface area contributed by atoms with Crippen molar-refractivity contribution < 1.29 is 4.74 Å². The Kier molecular flexibility index (Phi) is 3.13. The Labute approximate surface area is 111 Å². The van der Waals surface area contributed by atoms with Crippen molar-refractivity contribution >= 4 is 16.5 Å². The summed E-state index contributed by atoms with van der Waals surface area (Å²) in [4.78, 5) is 17.0. The van der Waals surface area contributed by atoms with E-state index in [4.69, 9.17) is 4.74 Å². The van der Waals surface area contributed by atoms with Crippen LogP contribution in [0.25, 0.3) is 10.8 Å². The molecule has 3 rings (SSSR count). The van der Waals surface area contributed by atoms with E-state index in [2.05, 4.69) is 15.2 Å². The molecule has 0 spiro atoms. The van der Waals surface area contributed by atoms with Gasteiger partial charge in [-0.15, -0.1) is 0 Å². The highest BCUT2D eigenvalue weighted by Gasteiger charge is 2.15. The van der Waals surface area contributed by atoms with Crippen molar-refractivity contribution in [2.75, 3.05) is 38.2 Å². The Bertz CT molecular complexity index is 645. The van der Waals surface area contributed by atoms with Crippen LogP contribution in [-0.2, 0) is 0 Å². The van der Waals surface area contributed by atoms with Gasteiger partial charge < -0.3 is 19.9 Å². The van der Waals surface area contributed by atoms with Crippen LogP contribution in [0.5, 0.6) is 5.75 Å². The van der Waals surface area contributed by atoms with Crippen LogP contribution in [0.2, 0.25) is 0 Å². The molecule has 1 fully saturated rings. The van der Waals surface area contributed by atoms with Crippen LogP contribution in [0.15, 0.2) is 29.2 Å². The van der Waals surface area contributed by atoms with E-state index in [0.29, 0.717) is 5.39 Å². The molecule has 0 radical (unpaired) electrons. The minimum Gasteiger partial charge on any atom is -0.497 e. The largest absolute Gasteiger partial charge is 0.497 e. The Morgan fingerprint density at radius 3 is 2.74 bits per heavy atom. The lowest BCUT2D eigenvalue weighted by molar-refractivity contribution is 0.415. The number of benzene rings is 1. The maximum atomic E-state index is 11.9. The number of anilines is 1. The van der Waals surface area contributed by atoms with Gasteiger partial charge in [-0.2, -0.15) is 0 Å². The fourth-order valence-corrected chi connectivity index (χ4v) is 2.52. The molecule has 19 heavy (non-hydrogen) atoms. The lowest BCUT2D eigenvalue weighted by Crippen LogP contribution is -2.43. The zero-order valence-corrected chi connectivity index (χ0v) is 10.9. The molecule has 2 N–H and O–H groups in total. The van der Waals surface area contributed by atoms with E-state index in [0.717, 1.165) is 43.0 Å². The maximum absolute atomic E-state index is 11.9.